The first-order valence-corrected chi connectivity index (χ1v) is 10.3. The van der Waals surface area contributed by atoms with Crippen LogP contribution in [0.3, 0.4) is 0 Å². The third kappa shape index (κ3) is 2.40. The van der Waals surface area contributed by atoms with Crippen LogP contribution in [0.25, 0.3) is 43.9 Å². The van der Waals surface area contributed by atoms with Crippen molar-refractivity contribution in [2.24, 2.45) is 4.99 Å². The Labute approximate surface area is 181 Å². The number of hydrogen-bond donors (Lipinski definition) is 2. The van der Waals surface area contributed by atoms with Gasteiger partial charge in [-0.1, -0.05) is 36.4 Å². The Kier molecular flexibility index (Phi) is 3.33. The maximum absolute atomic E-state index is 12.9. The van der Waals surface area contributed by atoms with Crippen LogP contribution < -0.4 is 10.9 Å². The summed E-state index contributed by atoms with van der Waals surface area (Å²) in [5.41, 5.74) is 11.2. The zero-order valence-corrected chi connectivity index (χ0v) is 16.7. The predicted octanol–water partition coefficient (Wildman–Crippen LogP) is 6.33. The van der Waals surface area contributed by atoms with E-state index < -0.39 is 0 Å². The number of amidine groups is 1. The van der Waals surface area contributed by atoms with Crippen LogP contribution in [0.1, 0.15) is 10.4 Å². The summed E-state index contributed by atoms with van der Waals surface area (Å²) >= 11 is 0. The van der Waals surface area contributed by atoms with Crippen molar-refractivity contribution in [3.63, 3.8) is 0 Å². The Morgan fingerprint density at radius 3 is 2.06 bits per heavy atom. The molecule has 0 unspecified atom stereocenters. The number of nitrogens with one attached hydrogen (secondary N) is 2. The summed E-state index contributed by atoms with van der Waals surface area (Å²) in [5, 5.41) is 4.00. The lowest BCUT2D eigenvalue weighted by atomic mass is 10.1. The largest absolute Gasteiger partial charge is 0.456 e. The minimum atomic E-state index is -0.176. The van der Waals surface area contributed by atoms with Crippen LogP contribution in [0.2, 0.25) is 0 Å². The van der Waals surface area contributed by atoms with E-state index in [1.165, 1.54) is 0 Å². The molecule has 0 saturated carbocycles. The number of benzene rings is 4. The first kappa shape index (κ1) is 17.1. The molecule has 152 valence electrons. The number of carbonyl (C=O) groups is 1. The Bertz CT molecular complexity index is 1760. The predicted molar refractivity (Wildman–Crippen MR) is 126 cm³/mol. The molecule has 0 saturated heterocycles. The molecule has 0 radical (unpaired) electrons. The highest BCUT2D eigenvalue weighted by atomic mass is 16.3. The number of hydrogen-bond acceptors (Lipinski definition) is 6. The molecule has 1 aliphatic rings. The number of fused-ring (bicyclic) bond motifs is 7. The fourth-order valence-corrected chi connectivity index (χ4v) is 4.35. The third-order valence-corrected chi connectivity index (χ3v) is 5.89. The summed E-state index contributed by atoms with van der Waals surface area (Å²) in [7, 11) is 0. The van der Waals surface area contributed by atoms with Gasteiger partial charge in [0.15, 0.2) is 5.84 Å². The lowest BCUT2D eigenvalue weighted by Gasteiger charge is -2.08. The van der Waals surface area contributed by atoms with Gasteiger partial charge in [-0.15, -0.1) is 0 Å². The molecule has 0 fully saturated rings. The number of anilines is 1. The average molecular weight is 417 g/mol. The minimum absolute atomic E-state index is 0.176. The van der Waals surface area contributed by atoms with Crippen LogP contribution in [-0.4, -0.2) is 11.6 Å². The molecule has 0 spiro atoms. The Morgan fingerprint density at radius 1 is 0.625 bits per heavy atom. The topological polar surface area (TPSA) is 79.8 Å². The number of Topliss-reactive ketones (excluding diaryl/α,β-unsaturated/α-hetero) is 1. The van der Waals surface area contributed by atoms with Gasteiger partial charge in [0, 0.05) is 21.5 Å². The van der Waals surface area contributed by atoms with Crippen LogP contribution in [0.15, 0.2) is 92.7 Å². The molecular formula is C26H15N3O3. The van der Waals surface area contributed by atoms with Gasteiger partial charge in [-0.05, 0) is 42.5 Å². The van der Waals surface area contributed by atoms with Crippen molar-refractivity contribution in [3.8, 4) is 0 Å². The maximum Gasteiger partial charge on any atom is 0.231 e. The zero-order valence-electron chi connectivity index (χ0n) is 16.7. The van der Waals surface area contributed by atoms with Gasteiger partial charge in [0.05, 0.1) is 16.9 Å². The average Bonchev–Trinajstić information content (AvgIpc) is 3.47. The third-order valence-electron chi connectivity index (χ3n) is 5.89. The Balaban J connectivity index is 1.21. The van der Waals surface area contributed by atoms with Gasteiger partial charge < -0.3 is 8.83 Å². The van der Waals surface area contributed by atoms with Crippen molar-refractivity contribution >= 4 is 66.9 Å². The number of ketones is 1. The van der Waals surface area contributed by atoms with Gasteiger partial charge in [-0.25, -0.2) is 4.99 Å². The summed E-state index contributed by atoms with van der Waals surface area (Å²) in [6.45, 7) is 0. The molecule has 32 heavy (non-hydrogen) atoms. The summed E-state index contributed by atoms with van der Waals surface area (Å²) in [6, 6.07) is 25.2. The van der Waals surface area contributed by atoms with Crippen LogP contribution in [-0.2, 0) is 0 Å². The molecule has 0 aliphatic carbocycles. The van der Waals surface area contributed by atoms with Crippen molar-refractivity contribution < 1.29 is 13.6 Å². The van der Waals surface area contributed by atoms with Crippen molar-refractivity contribution in [2.75, 3.05) is 5.43 Å². The minimum Gasteiger partial charge on any atom is -0.456 e. The van der Waals surface area contributed by atoms with Crippen molar-refractivity contribution in [1.29, 1.82) is 0 Å². The van der Waals surface area contributed by atoms with E-state index in [1.54, 1.807) is 6.07 Å². The van der Waals surface area contributed by atoms with Crippen LogP contribution >= 0.6 is 0 Å². The smallest absolute Gasteiger partial charge is 0.231 e. The molecular weight excluding hydrogens is 402 g/mol. The van der Waals surface area contributed by atoms with Crippen molar-refractivity contribution in [2.45, 2.75) is 0 Å². The molecule has 3 heterocycles. The van der Waals surface area contributed by atoms with E-state index >= 15 is 0 Å². The fraction of sp³-hybridized carbons (Fsp3) is 0. The molecule has 1 aliphatic heterocycles. The van der Waals surface area contributed by atoms with Gasteiger partial charge in [-0.2, -0.15) is 0 Å². The van der Waals surface area contributed by atoms with E-state index in [0.29, 0.717) is 16.8 Å². The zero-order chi connectivity index (χ0) is 21.2. The highest BCUT2D eigenvalue weighted by Gasteiger charge is 2.26. The molecule has 6 nitrogen and oxygen atoms in total. The Hall–Kier alpha value is -4.58. The van der Waals surface area contributed by atoms with Gasteiger partial charge in [0.1, 0.15) is 22.3 Å². The normalized spacial score (nSPS) is 13.2. The van der Waals surface area contributed by atoms with Gasteiger partial charge >= 0.3 is 0 Å². The van der Waals surface area contributed by atoms with Crippen molar-refractivity contribution in [1.82, 2.24) is 5.43 Å². The van der Waals surface area contributed by atoms with E-state index in [-0.39, 0.29) is 11.6 Å². The second-order valence-corrected chi connectivity index (χ2v) is 7.81. The number of carbonyl (C=O) groups excluding carboxylic acids is 1. The van der Waals surface area contributed by atoms with Gasteiger partial charge in [0.2, 0.25) is 5.78 Å². The highest BCUT2D eigenvalue weighted by molar-refractivity contribution is 6.49. The van der Waals surface area contributed by atoms with E-state index in [1.807, 2.05) is 72.8 Å². The molecule has 7 rings (SSSR count). The molecule has 0 amide bonds. The van der Waals surface area contributed by atoms with Crippen LogP contribution in [0, 0.1) is 0 Å². The number of nitrogens with zero attached hydrogens (tertiary/aromatic N) is 1. The molecule has 2 N–H and O–H groups in total. The first-order chi connectivity index (χ1) is 15.7. The fourth-order valence-electron chi connectivity index (χ4n) is 4.35. The quantitative estimate of drug-likeness (QED) is 0.322. The summed E-state index contributed by atoms with van der Waals surface area (Å²) < 4.78 is 11.8. The standard InChI is InChI=1S/C26H15N3O3/c30-25-19-13-24-18(16-6-2-4-8-22(16)32-24)12-20(19)27-26(25)29-28-14-9-10-23-17(11-14)15-5-1-3-7-21(15)31-23/h1-13,28H,(H,27,29,30). The highest BCUT2D eigenvalue weighted by Crippen LogP contribution is 2.36. The molecule has 6 heteroatoms. The van der Waals surface area contributed by atoms with Gasteiger partial charge in [0.25, 0.3) is 0 Å². The number of furan rings is 2. The SMILES string of the molecule is O=C1C(NNc2ccc3oc4ccccc4c3c2)=Nc2cc3c(cc21)oc1ccccc13. The number of rotatable bonds is 2. The lowest BCUT2D eigenvalue weighted by molar-refractivity contribution is 0.106. The lowest BCUT2D eigenvalue weighted by Crippen LogP contribution is -2.33. The summed E-state index contributed by atoms with van der Waals surface area (Å²) in [4.78, 5) is 17.5. The molecule has 4 aromatic carbocycles. The second-order valence-electron chi connectivity index (χ2n) is 7.81. The number of hydrazine groups is 1. The van der Waals surface area contributed by atoms with E-state index in [0.717, 1.165) is 44.0 Å². The van der Waals surface area contributed by atoms with Crippen LogP contribution in [0.5, 0.6) is 0 Å². The second kappa shape index (κ2) is 6.21. The van der Waals surface area contributed by atoms with E-state index in [9.17, 15) is 4.79 Å². The molecule has 2 aromatic heterocycles. The molecule has 0 bridgehead atoms. The van der Waals surface area contributed by atoms with E-state index in [4.69, 9.17) is 8.83 Å². The molecule has 0 atom stereocenters. The van der Waals surface area contributed by atoms with Crippen molar-refractivity contribution in [3.05, 3.63) is 84.4 Å². The molecule has 6 aromatic rings. The van der Waals surface area contributed by atoms with E-state index in [2.05, 4.69) is 15.8 Å². The Morgan fingerprint density at radius 2 is 1.28 bits per heavy atom. The monoisotopic (exact) mass is 417 g/mol. The first-order valence-electron chi connectivity index (χ1n) is 10.3. The van der Waals surface area contributed by atoms with Crippen LogP contribution in [0.4, 0.5) is 11.4 Å². The summed E-state index contributed by atoms with van der Waals surface area (Å²) in [6.07, 6.45) is 0. The maximum atomic E-state index is 12.9. The van der Waals surface area contributed by atoms with Gasteiger partial charge in [-0.3, -0.25) is 15.6 Å². The number of aliphatic imine (C=N–C) groups is 1. The summed E-state index contributed by atoms with van der Waals surface area (Å²) in [5.74, 6) is 0.0683. The number of para-hydroxylation sites is 2.